The van der Waals surface area contributed by atoms with Gasteiger partial charge in [-0.15, -0.1) is 17.4 Å². The molecule has 0 aliphatic carbocycles. The second kappa shape index (κ2) is 6.92. The average molecular weight is 363 g/mol. The van der Waals surface area contributed by atoms with E-state index >= 15 is 0 Å². The van der Waals surface area contributed by atoms with Crippen molar-refractivity contribution in [2.24, 2.45) is 7.05 Å². The van der Waals surface area contributed by atoms with Gasteiger partial charge < -0.3 is 4.42 Å². The van der Waals surface area contributed by atoms with Crippen molar-refractivity contribution in [2.45, 2.75) is 25.7 Å². The van der Waals surface area contributed by atoms with Crippen LogP contribution in [0, 0.1) is 12.3 Å². The van der Waals surface area contributed by atoms with E-state index in [-0.39, 0.29) is 11.9 Å². The van der Waals surface area contributed by atoms with Crippen LogP contribution >= 0.6 is 0 Å². The fourth-order valence-corrected chi connectivity index (χ4v) is 2.79. The average Bonchev–Trinajstić information content (AvgIpc) is 3.36. The van der Waals surface area contributed by atoms with Crippen LogP contribution in [0.25, 0.3) is 28.3 Å². The monoisotopic (exact) mass is 363 g/mol. The smallest absolute Gasteiger partial charge is 0.234 e. The zero-order valence-electron chi connectivity index (χ0n) is 14.7. The van der Waals surface area contributed by atoms with Gasteiger partial charge in [-0.05, 0) is 25.0 Å². The van der Waals surface area contributed by atoms with Gasteiger partial charge in [0.2, 0.25) is 17.7 Å². The highest BCUT2D eigenvalue weighted by molar-refractivity contribution is 5.94. The third kappa shape index (κ3) is 3.25. The summed E-state index contributed by atoms with van der Waals surface area (Å²) in [5.41, 5.74) is 1.02. The number of fused-ring (bicyclic) bond motifs is 3. The molecule has 0 bridgehead atoms. The predicted octanol–water partition coefficient (Wildman–Crippen LogP) is 2.40. The molecule has 27 heavy (non-hydrogen) atoms. The Bertz CT molecular complexity index is 1150. The van der Waals surface area contributed by atoms with Gasteiger partial charge in [0.1, 0.15) is 0 Å². The highest BCUT2D eigenvalue weighted by atomic mass is 16.3. The van der Waals surface area contributed by atoms with Crippen molar-refractivity contribution >= 4 is 28.5 Å². The SMILES string of the molecule is C#CCCCCC(=O)Nc1nc2nn(C)cc2c2nc(-c3ccco3)nn12. The number of aryl methyl sites for hydroxylation is 1. The summed E-state index contributed by atoms with van der Waals surface area (Å²) in [6.07, 6.45) is 11.1. The van der Waals surface area contributed by atoms with Gasteiger partial charge in [-0.2, -0.15) is 14.6 Å². The third-order valence-electron chi connectivity index (χ3n) is 4.04. The number of unbranched alkanes of at least 4 members (excludes halogenated alkanes) is 2. The number of carbonyl (C=O) groups excluding carboxylic acids is 1. The Labute approximate surface area is 154 Å². The molecule has 136 valence electrons. The molecule has 0 atom stereocenters. The maximum atomic E-state index is 12.3. The number of furan rings is 1. The second-order valence-corrected chi connectivity index (χ2v) is 6.08. The van der Waals surface area contributed by atoms with Crippen LogP contribution in [0.1, 0.15) is 25.7 Å². The molecule has 0 spiro atoms. The molecule has 9 heteroatoms. The highest BCUT2D eigenvalue weighted by Crippen LogP contribution is 2.23. The van der Waals surface area contributed by atoms with Crippen molar-refractivity contribution in [3.05, 3.63) is 24.6 Å². The summed E-state index contributed by atoms with van der Waals surface area (Å²) in [6.45, 7) is 0. The Kier molecular flexibility index (Phi) is 4.30. The molecule has 0 radical (unpaired) electrons. The molecule has 0 unspecified atom stereocenters. The maximum absolute atomic E-state index is 12.3. The van der Waals surface area contributed by atoms with Crippen molar-refractivity contribution in [3.63, 3.8) is 0 Å². The minimum atomic E-state index is -0.161. The van der Waals surface area contributed by atoms with Gasteiger partial charge in [0, 0.05) is 26.1 Å². The quantitative estimate of drug-likeness (QED) is 0.417. The lowest BCUT2D eigenvalue weighted by Gasteiger charge is -2.05. The number of rotatable bonds is 6. The summed E-state index contributed by atoms with van der Waals surface area (Å²) in [4.78, 5) is 21.3. The van der Waals surface area contributed by atoms with Gasteiger partial charge in [-0.1, -0.05) is 0 Å². The summed E-state index contributed by atoms with van der Waals surface area (Å²) < 4.78 is 8.52. The van der Waals surface area contributed by atoms with E-state index in [4.69, 9.17) is 10.8 Å². The number of carbonyl (C=O) groups is 1. The van der Waals surface area contributed by atoms with Crippen molar-refractivity contribution in [2.75, 3.05) is 5.32 Å². The summed E-state index contributed by atoms with van der Waals surface area (Å²) in [5.74, 6) is 3.61. The van der Waals surface area contributed by atoms with Crippen LogP contribution in [0.4, 0.5) is 5.95 Å². The van der Waals surface area contributed by atoms with E-state index < -0.39 is 0 Å². The van der Waals surface area contributed by atoms with E-state index in [0.717, 1.165) is 11.8 Å². The molecule has 4 rings (SSSR count). The van der Waals surface area contributed by atoms with Crippen LogP contribution in [-0.2, 0) is 11.8 Å². The first-order valence-electron chi connectivity index (χ1n) is 8.53. The van der Waals surface area contributed by atoms with Crippen molar-refractivity contribution < 1.29 is 9.21 Å². The Morgan fingerprint density at radius 3 is 3.00 bits per heavy atom. The molecular weight excluding hydrogens is 346 g/mol. The zero-order valence-corrected chi connectivity index (χ0v) is 14.7. The summed E-state index contributed by atoms with van der Waals surface area (Å²) in [7, 11) is 1.80. The van der Waals surface area contributed by atoms with Gasteiger partial charge in [0.25, 0.3) is 0 Å². The van der Waals surface area contributed by atoms with E-state index in [1.807, 2.05) is 6.20 Å². The Morgan fingerprint density at radius 2 is 2.22 bits per heavy atom. The molecule has 0 aliphatic heterocycles. The predicted molar refractivity (Wildman–Crippen MR) is 98.7 cm³/mol. The maximum Gasteiger partial charge on any atom is 0.234 e. The summed E-state index contributed by atoms with van der Waals surface area (Å²) >= 11 is 0. The minimum absolute atomic E-state index is 0.161. The number of amides is 1. The standard InChI is InChI=1S/C18H17N7O2/c1-3-4-5-6-9-14(26)19-18-21-15-12(11-24(2)22-15)17-20-16(23-25(17)18)13-8-7-10-27-13/h1,7-8,10-11H,4-6,9H2,2H3,(H,19,21,22,26). The second-order valence-electron chi connectivity index (χ2n) is 6.08. The van der Waals surface area contributed by atoms with Crippen LogP contribution in [0.5, 0.6) is 0 Å². The number of nitrogens with zero attached hydrogens (tertiary/aromatic N) is 6. The zero-order chi connectivity index (χ0) is 18.8. The van der Waals surface area contributed by atoms with E-state index in [0.29, 0.717) is 42.1 Å². The molecule has 0 aliphatic rings. The van der Waals surface area contributed by atoms with E-state index in [1.54, 1.807) is 30.1 Å². The summed E-state index contributed by atoms with van der Waals surface area (Å²) in [5, 5.41) is 12.3. The number of nitrogens with one attached hydrogen (secondary N) is 1. The Balaban J connectivity index is 1.72. The number of aromatic nitrogens is 6. The Hall–Kier alpha value is -3.67. The molecule has 4 aromatic heterocycles. The first kappa shape index (κ1) is 16.8. The van der Waals surface area contributed by atoms with Gasteiger partial charge >= 0.3 is 0 Å². The fraction of sp³-hybridized carbons (Fsp3) is 0.278. The van der Waals surface area contributed by atoms with Crippen LogP contribution in [-0.4, -0.2) is 35.3 Å². The lowest BCUT2D eigenvalue weighted by atomic mass is 10.2. The van der Waals surface area contributed by atoms with Crippen molar-refractivity contribution in [3.8, 4) is 23.9 Å². The normalized spacial score (nSPS) is 11.1. The summed E-state index contributed by atoms with van der Waals surface area (Å²) in [6, 6.07) is 3.53. The minimum Gasteiger partial charge on any atom is -0.461 e. The van der Waals surface area contributed by atoms with Crippen LogP contribution in [0.3, 0.4) is 0 Å². The van der Waals surface area contributed by atoms with Crippen molar-refractivity contribution in [1.82, 2.24) is 29.4 Å². The molecule has 1 N–H and O–H groups in total. The molecule has 0 saturated heterocycles. The molecule has 0 saturated carbocycles. The molecule has 0 aromatic carbocycles. The molecule has 4 aromatic rings. The Morgan fingerprint density at radius 1 is 1.33 bits per heavy atom. The molecule has 1 amide bonds. The molecule has 4 heterocycles. The fourth-order valence-electron chi connectivity index (χ4n) is 2.79. The molecule has 9 nitrogen and oxygen atoms in total. The third-order valence-corrected chi connectivity index (χ3v) is 4.04. The molecular formula is C18H17N7O2. The van der Waals surface area contributed by atoms with Gasteiger partial charge in [0.15, 0.2) is 17.1 Å². The topological polar surface area (TPSA) is 103 Å². The van der Waals surface area contributed by atoms with Gasteiger partial charge in [0.05, 0.1) is 11.6 Å². The van der Waals surface area contributed by atoms with E-state index in [2.05, 4.69) is 31.4 Å². The van der Waals surface area contributed by atoms with Gasteiger partial charge in [-0.25, -0.2) is 4.98 Å². The lowest BCUT2D eigenvalue weighted by Crippen LogP contribution is -2.16. The van der Waals surface area contributed by atoms with Gasteiger partial charge in [-0.3, -0.25) is 14.8 Å². The van der Waals surface area contributed by atoms with Crippen LogP contribution < -0.4 is 5.32 Å². The van der Waals surface area contributed by atoms with Crippen LogP contribution in [0.15, 0.2) is 29.0 Å². The lowest BCUT2D eigenvalue weighted by molar-refractivity contribution is -0.116. The highest BCUT2D eigenvalue weighted by Gasteiger charge is 2.18. The van der Waals surface area contributed by atoms with E-state index in [9.17, 15) is 4.79 Å². The first-order chi connectivity index (χ1) is 13.2. The number of terminal acetylenes is 1. The largest absolute Gasteiger partial charge is 0.461 e. The number of hydrogen-bond donors (Lipinski definition) is 1. The number of hydrogen-bond acceptors (Lipinski definition) is 6. The molecule has 0 fully saturated rings. The first-order valence-corrected chi connectivity index (χ1v) is 8.53. The van der Waals surface area contributed by atoms with Crippen molar-refractivity contribution in [1.29, 1.82) is 0 Å². The van der Waals surface area contributed by atoms with E-state index in [1.165, 1.54) is 4.52 Å². The van der Waals surface area contributed by atoms with Crippen LogP contribution in [0.2, 0.25) is 0 Å². The number of anilines is 1.